The number of hydrogen-bond donors (Lipinski definition) is 1. The van der Waals surface area contributed by atoms with Crippen LogP contribution in [0.4, 0.5) is 0 Å². The number of carboxylic acids is 1. The van der Waals surface area contributed by atoms with Gasteiger partial charge in [0.15, 0.2) is 6.10 Å². The highest BCUT2D eigenvalue weighted by atomic mass is 16.7. The van der Waals surface area contributed by atoms with E-state index in [-0.39, 0.29) is 38.6 Å². The number of hydrogen-bond acceptors (Lipinski definition) is 7. The van der Waals surface area contributed by atoms with E-state index in [4.69, 9.17) is 18.9 Å². The second-order valence-electron chi connectivity index (χ2n) is 20.2. The summed E-state index contributed by atoms with van der Waals surface area (Å²) in [5.41, 5.74) is 0. The summed E-state index contributed by atoms with van der Waals surface area (Å²) < 4.78 is 22.8. The summed E-state index contributed by atoms with van der Waals surface area (Å²) in [6.45, 7) is 4.59. The van der Waals surface area contributed by atoms with Crippen molar-refractivity contribution >= 4 is 17.9 Å². The van der Waals surface area contributed by atoms with E-state index in [1.54, 1.807) is 0 Å². The van der Waals surface area contributed by atoms with Crippen molar-refractivity contribution in [2.45, 2.75) is 219 Å². The van der Waals surface area contributed by atoms with Gasteiger partial charge in [0.2, 0.25) is 0 Å². The molecule has 2 atom stereocenters. The first-order valence-electron chi connectivity index (χ1n) is 29.3. The number of aliphatic carboxylic acids is 1. The minimum atomic E-state index is -1.53. The Kier molecular flexibility index (Phi) is 52.3. The van der Waals surface area contributed by atoms with E-state index in [0.29, 0.717) is 17.4 Å². The Labute approximate surface area is 459 Å². The summed E-state index contributed by atoms with van der Waals surface area (Å²) >= 11 is 0. The first-order chi connectivity index (χ1) is 36.6. The molecule has 0 aromatic rings. The second-order valence-corrected chi connectivity index (χ2v) is 20.2. The van der Waals surface area contributed by atoms with Gasteiger partial charge in [-0.05, 0) is 109 Å². The minimum Gasteiger partial charge on any atom is -0.477 e. The van der Waals surface area contributed by atoms with E-state index < -0.39 is 24.3 Å². The first-order valence-corrected chi connectivity index (χ1v) is 29.3. The zero-order valence-corrected chi connectivity index (χ0v) is 48.2. The van der Waals surface area contributed by atoms with E-state index in [1.165, 1.54) is 64.2 Å². The van der Waals surface area contributed by atoms with Crippen molar-refractivity contribution in [3.05, 3.63) is 134 Å². The lowest BCUT2D eigenvalue weighted by Gasteiger charge is -2.25. The Morgan fingerprint density at radius 2 is 0.720 bits per heavy atom. The zero-order valence-electron chi connectivity index (χ0n) is 48.2. The number of esters is 2. The fourth-order valence-corrected chi connectivity index (χ4v) is 7.45. The molecular formula is C66H108NO8+. The van der Waals surface area contributed by atoms with Gasteiger partial charge in [-0.2, -0.15) is 0 Å². The number of carbonyl (C=O) groups is 3. The first kappa shape index (κ1) is 70.4. The van der Waals surface area contributed by atoms with Gasteiger partial charge in [0.05, 0.1) is 34.4 Å². The SMILES string of the molecule is CC/C=C\C/C=C\C/C=C\C/C=C\C/C=C\C/C=C\C/C=C\CCCCCC(=O)OC(COC(=O)CCCCCCCCCCCCCC/C=C\C/C=C\C/C=C\C/C=C\CC)COC(OCC[N+](C)(C)C)C(=O)O. The molecule has 0 radical (unpaired) electrons. The standard InChI is InChI=1S/C66H107NO8/c1-6-8-10-12-14-16-18-20-22-24-26-28-30-32-34-36-38-40-42-44-46-48-50-52-54-56-63(68)73-60-62(61-74-66(65(70)71)72-59-58-67(3,4)5)75-64(69)57-55-53-51-49-47-45-43-41-39-37-35-33-31-29-27-25-23-21-19-17-15-13-11-9-7-2/h8-11,14-17,20-23,26-29,33,35,39,41,45,47,62,66H,6-7,12-13,18-19,24-25,30-32,34,36-38,40,42-44,46,48-61H2,1-5H3/p+1/b10-8-,11-9-,16-14-,17-15-,22-20-,23-21-,28-26-,29-27-,35-33-,41-39-,47-45-. The molecule has 0 heterocycles. The van der Waals surface area contributed by atoms with Crippen LogP contribution in [0, 0.1) is 0 Å². The van der Waals surface area contributed by atoms with Gasteiger partial charge in [-0.3, -0.25) is 9.59 Å². The molecule has 0 spiro atoms. The maximum absolute atomic E-state index is 12.9. The highest BCUT2D eigenvalue weighted by molar-refractivity contribution is 5.71. The average molecular weight is 1040 g/mol. The largest absolute Gasteiger partial charge is 0.477 e. The van der Waals surface area contributed by atoms with Crippen molar-refractivity contribution in [1.29, 1.82) is 0 Å². The molecule has 0 bridgehead atoms. The Morgan fingerprint density at radius 1 is 0.400 bits per heavy atom. The van der Waals surface area contributed by atoms with Crippen LogP contribution in [0.1, 0.15) is 206 Å². The van der Waals surface area contributed by atoms with Crippen molar-refractivity contribution < 1.29 is 42.9 Å². The Morgan fingerprint density at radius 3 is 1.08 bits per heavy atom. The van der Waals surface area contributed by atoms with Gasteiger partial charge in [-0.25, -0.2) is 4.79 Å². The third-order valence-electron chi connectivity index (χ3n) is 11.9. The molecule has 9 heteroatoms. The Bertz CT molecular complexity index is 1690. The molecule has 0 saturated carbocycles. The van der Waals surface area contributed by atoms with Crippen molar-refractivity contribution in [2.75, 3.05) is 47.5 Å². The van der Waals surface area contributed by atoms with E-state index in [2.05, 4.69) is 148 Å². The predicted molar refractivity (Wildman–Crippen MR) is 317 cm³/mol. The monoisotopic (exact) mass is 1040 g/mol. The maximum Gasteiger partial charge on any atom is 0.361 e. The normalized spacial score (nSPS) is 13.8. The number of allylic oxidation sites excluding steroid dienone is 22. The molecule has 2 unspecified atom stereocenters. The fraction of sp³-hybridized carbons (Fsp3) is 0.621. The molecule has 75 heavy (non-hydrogen) atoms. The molecular weight excluding hydrogens is 935 g/mol. The average Bonchev–Trinajstić information content (AvgIpc) is 3.38. The van der Waals surface area contributed by atoms with Crippen LogP contribution in [0.25, 0.3) is 0 Å². The lowest BCUT2D eigenvalue weighted by Crippen LogP contribution is -2.40. The van der Waals surface area contributed by atoms with Gasteiger partial charge < -0.3 is 28.5 Å². The van der Waals surface area contributed by atoms with Crippen LogP contribution in [0.5, 0.6) is 0 Å². The van der Waals surface area contributed by atoms with Crippen LogP contribution in [0.15, 0.2) is 134 Å². The molecule has 0 amide bonds. The molecule has 0 aromatic heterocycles. The van der Waals surface area contributed by atoms with Gasteiger partial charge in [0.1, 0.15) is 13.2 Å². The van der Waals surface area contributed by atoms with Crippen LogP contribution in [0.3, 0.4) is 0 Å². The fourth-order valence-electron chi connectivity index (χ4n) is 7.45. The summed E-state index contributed by atoms with van der Waals surface area (Å²) in [6.07, 6.45) is 76.7. The van der Waals surface area contributed by atoms with Crippen molar-refractivity contribution in [3.63, 3.8) is 0 Å². The molecule has 0 aliphatic heterocycles. The van der Waals surface area contributed by atoms with Crippen molar-refractivity contribution in [1.82, 2.24) is 0 Å². The molecule has 0 fully saturated rings. The van der Waals surface area contributed by atoms with E-state index in [9.17, 15) is 19.5 Å². The van der Waals surface area contributed by atoms with Crippen LogP contribution in [-0.2, 0) is 33.3 Å². The van der Waals surface area contributed by atoms with Crippen LogP contribution < -0.4 is 0 Å². The van der Waals surface area contributed by atoms with Gasteiger partial charge in [0, 0.05) is 12.8 Å². The number of ether oxygens (including phenoxy) is 4. The molecule has 0 aliphatic rings. The second kappa shape index (κ2) is 55.7. The van der Waals surface area contributed by atoms with Crippen LogP contribution in [0.2, 0.25) is 0 Å². The highest BCUT2D eigenvalue weighted by Crippen LogP contribution is 2.15. The molecule has 0 saturated heterocycles. The zero-order chi connectivity index (χ0) is 54.8. The molecule has 0 aromatic carbocycles. The number of likely N-dealkylation sites (N-methyl/N-ethyl adjacent to an activating group) is 1. The van der Waals surface area contributed by atoms with E-state index in [0.717, 1.165) is 109 Å². The summed E-state index contributed by atoms with van der Waals surface area (Å²) in [5, 5.41) is 9.71. The number of nitrogens with zero attached hydrogens (tertiary/aromatic N) is 1. The maximum atomic E-state index is 12.9. The van der Waals surface area contributed by atoms with Gasteiger partial charge in [0.25, 0.3) is 6.29 Å². The molecule has 9 nitrogen and oxygen atoms in total. The summed E-state index contributed by atoms with van der Waals surface area (Å²) in [4.78, 5) is 37.5. The molecule has 424 valence electrons. The lowest BCUT2D eigenvalue weighted by atomic mass is 10.0. The lowest BCUT2D eigenvalue weighted by molar-refractivity contribution is -0.870. The molecule has 0 rings (SSSR count). The van der Waals surface area contributed by atoms with Gasteiger partial charge in [-0.1, -0.05) is 218 Å². The number of rotatable bonds is 52. The van der Waals surface area contributed by atoms with E-state index >= 15 is 0 Å². The Hall–Kier alpha value is -4.57. The number of quaternary nitrogens is 1. The predicted octanol–water partition coefficient (Wildman–Crippen LogP) is 17.5. The molecule has 1 N–H and O–H groups in total. The van der Waals surface area contributed by atoms with E-state index in [1.807, 2.05) is 21.1 Å². The highest BCUT2D eigenvalue weighted by Gasteiger charge is 2.25. The smallest absolute Gasteiger partial charge is 0.361 e. The summed E-state index contributed by atoms with van der Waals surface area (Å²) in [7, 11) is 5.94. The van der Waals surface area contributed by atoms with Crippen molar-refractivity contribution in [2.24, 2.45) is 0 Å². The third-order valence-corrected chi connectivity index (χ3v) is 11.9. The van der Waals surface area contributed by atoms with Gasteiger partial charge in [-0.15, -0.1) is 0 Å². The third kappa shape index (κ3) is 57.0. The topological polar surface area (TPSA) is 108 Å². The van der Waals surface area contributed by atoms with Crippen LogP contribution >= 0.6 is 0 Å². The number of carboxylic acid groups (broad SMARTS) is 1. The summed E-state index contributed by atoms with van der Waals surface area (Å²) in [6, 6.07) is 0. The quantitative estimate of drug-likeness (QED) is 0.0211. The van der Waals surface area contributed by atoms with Crippen LogP contribution in [-0.4, -0.2) is 87.4 Å². The van der Waals surface area contributed by atoms with Crippen molar-refractivity contribution in [3.8, 4) is 0 Å². The summed E-state index contributed by atoms with van der Waals surface area (Å²) in [5.74, 6) is -2.07. The molecule has 0 aliphatic carbocycles. The van der Waals surface area contributed by atoms with Gasteiger partial charge >= 0.3 is 17.9 Å². The number of carbonyl (C=O) groups excluding carboxylic acids is 2. The minimum absolute atomic E-state index is 0.173. The Balaban J connectivity index is 4.35. The number of unbranched alkanes of at least 4 members (excludes halogenated alkanes) is 15.